The first-order valence-electron chi connectivity index (χ1n) is 9.98. The van der Waals surface area contributed by atoms with Crippen LogP contribution in [0.4, 0.5) is 11.4 Å². The second-order valence-corrected chi connectivity index (χ2v) is 8.17. The number of aryl methyl sites for hydroxylation is 1. The largest absolute Gasteiger partial charge is 0.508 e. The molecule has 1 atom stereocenters. The van der Waals surface area contributed by atoms with Gasteiger partial charge in [-0.2, -0.15) is 0 Å². The number of quaternary nitrogens is 1. The predicted octanol–water partition coefficient (Wildman–Crippen LogP) is 1.40. The lowest BCUT2D eigenvalue weighted by molar-refractivity contribution is -0.915. The summed E-state index contributed by atoms with van der Waals surface area (Å²) in [6, 6.07) is 10.1. The van der Waals surface area contributed by atoms with Crippen LogP contribution in [0.3, 0.4) is 0 Å². The molecule has 2 N–H and O–H groups in total. The second kappa shape index (κ2) is 8.16. The quantitative estimate of drug-likeness (QED) is 0.717. The van der Waals surface area contributed by atoms with E-state index in [-0.39, 0.29) is 30.0 Å². The van der Waals surface area contributed by atoms with Crippen molar-refractivity contribution in [2.45, 2.75) is 19.4 Å². The molecule has 2 heterocycles. The Hall–Kier alpha value is -2.77. The summed E-state index contributed by atoms with van der Waals surface area (Å²) in [6.07, 6.45) is 0.193. The van der Waals surface area contributed by atoms with E-state index in [1.54, 1.807) is 24.3 Å². The van der Waals surface area contributed by atoms with Crippen LogP contribution in [0.2, 0.25) is 5.02 Å². The Labute approximate surface area is 180 Å². The van der Waals surface area contributed by atoms with E-state index in [9.17, 15) is 14.7 Å². The molecule has 0 unspecified atom stereocenters. The van der Waals surface area contributed by atoms with Crippen LogP contribution in [-0.4, -0.2) is 56.3 Å². The first-order valence-corrected chi connectivity index (χ1v) is 10.4. The van der Waals surface area contributed by atoms with Crippen molar-refractivity contribution in [1.29, 1.82) is 0 Å². The zero-order valence-corrected chi connectivity index (χ0v) is 17.8. The number of ether oxygens (including phenoxy) is 1. The molecular formula is C22H25ClN3O4+. The van der Waals surface area contributed by atoms with E-state index < -0.39 is 0 Å². The highest BCUT2D eigenvalue weighted by Gasteiger charge is 2.47. The zero-order chi connectivity index (χ0) is 21.4. The minimum atomic E-state index is -0.389. The Bertz CT molecular complexity index is 971. The number of carbonyl (C=O) groups is 2. The van der Waals surface area contributed by atoms with Gasteiger partial charge in [-0.05, 0) is 42.8 Å². The van der Waals surface area contributed by atoms with Crippen LogP contribution in [0.25, 0.3) is 0 Å². The van der Waals surface area contributed by atoms with Gasteiger partial charge in [-0.15, -0.1) is 0 Å². The van der Waals surface area contributed by atoms with Gasteiger partial charge in [0, 0.05) is 16.8 Å². The predicted molar refractivity (Wildman–Crippen MR) is 115 cm³/mol. The van der Waals surface area contributed by atoms with Crippen molar-refractivity contribution in [3.63, 3.8) is 0 Å². The van der Waals surface area contributed by atoms with Gasteiger partial charge in [-0.25, -0.2) is 4.90 Å². The molecule has 8 heteroatoms. The fourth-order valence-corrected chi connectivity index (χ4v) is 4.41. The Morgan fingerprint density at radius 1 is 1.13 bits per heavy atom. The summed E-state index contributed by atoms with van der Waals surface area (Å²) in [4.78, 5) is 30.6. The molecule has 158 valence electrons. The highest BCUT2D eigenvalue weighted by molar-refractivity contribution is 6.32. The molecule has 0 aromatic heterocycles. The maximum Gasteiger partial charge on any atom is 0.292 e. The van der Waals surface area contributed by atoms with Gasteiger partial charge < -0.3 is 19.6 Å². The van der Waals surface area contributed by atoms with E-state index in [0.717, 1.165) is 42.3 Å². The summed E-state index contributed by atoms with van der Waals surface area (Å²) in [5, 5.41) is 10.00. The Kier molecular flexibility index (Phi) is 5.58. The summed E-state index contributed by atoms with van der Waals surface area (Å²) in [5.41, 5.74) is 2.29. The summed E-state index contributed by atoms with van der Waals surface area (Å²) < 4.78 is 5.38. The maximum atomic E-state index is 13.2. The number of nitrogens with zero attached hydrogens (tertiary/aromatic N) is 2. The lowest BCUT2D eigenvalue weighted by Crippen LogP contribution is -3.19. The molecule has 30 heavy (non-hydrogen) atoms. The molecule has 2 aromatic carbocycles. The summed E-state index contributed by atoms with van der Waals surface area (Å²) in [5.74, 6) is 0.262. The Morgan fingerprint density at radius 3 is 2.43 bits per heavy atom. The number of halogens is 1. The molecule has 7 nitrogen and oxygen atoms in total. The fourth-order valence-electron chi connectivity index (χ4n) is 4.25. The van der Waals surface area contributed by atoms with Crippen molar-refractivity contribution in [3.8, 4) is 11.5 Å². The third-order valence-corrected chi connectivity index (χ3v) is 6.37. The van der Waals surface area contributed by atoms with Crippen LogP contribution < -0.4 is 19.4 Å². The number of rotatable bonds is 4. The number of nitrogens with one attached hydrogen (secondary N) is 1. The van der Waals surface area contributed by atoms with Crippen LogP contribution in [0, 0.1) is 6.92 Å². The zero-order valence-electron chi connectivity index (χ0n) is 17.0. The third-order valence-electron chi connectivity index (χ3n) is 5.96. The normalized spacial score (nSPS) is 20.2. The molecule has 2 saturated heterocycles. The molecule has 2 aromatic rings. The number of phenolic OH excluding ortho intramolecular Hbond substituents is 1. The lowest BCUT2D eigenvalue weighted by Gasteiger charge is -2.35. The van der Waals surface area contributed by atoms with Crippen molar-refractivity contribution in [1.82, 2.24) is 0 Å². The van der Waals surface area contributed by atoms with Gasteiger partial charge in [-0.3, -0.25) is 9.59 Å². The number of benzene rings is 2. The van der Waals surface area contributed by atoms with Crippen LogP contribution in [0.1, 0.15) is 12.0 Å². The standard InChI is InChI=1S/C22H24ClN3O4/c1-14-11-18(20(30-2)12-17(14)23)26-21(28)13-19(22(26)29)25-9-7-24(8-10-25)15-3-5-16(27)6-4-15/h3-6,11-12,19,27H,7-10,13H2,1-2H3/p+1/t19-/m1/s1. The first-order chi connectivity index (χ1) is 14.4. The number of amides is 2. The summed E-state index contributed by atoms with van der Waals surface area (Å²) in [7, 11) is 1.50. The summed E-state index contributed by atoms with van der Waals surface area (Å²) >= 11 is 6.18. The minimum absolute atomic E-state index is 0.187. The molecule has 2 fully saturated rings. The minimum Gasteiger partial charge on any atom is -0.508 e. The van der Waals surface area contributed by atoms with E-state index in [2.05, 4.69) is 4.90 Å². The maximum absolute atomic E-state index is 13.2. The molecule has 0 radical (unpaired) electrons. The molecule has 2 aliphatic heterocycles. The number of carbonyl (C=O) groups excluding carboxylic acids is 2. The Balaban J connectivity index is 1.49. The van der Waals surface area contributed by atoms with Gasteiger partial charge in [0.2, 0.25) is 5.91 Å². The molecule has 4 rings (SSSR count). The topological polar surface area (TPSA) is 74.5 Å². The van der Waals surface area contributed by atoms with Crippen molar-refractivity contribution in [2.24, 2.45) is 0 Å². The van der Waals surface area contributed by atoms with Crippen LogP contribution in [0.15, 0.2) is 36.4 Å². The number of hydrogen-bond donors (Lipinski definition) is 2. The van der Waals surface area contributed by atoms with Gasteiger partial charge in [0.1, 0.15) is 11.5 Å². The van der Waals surface area contributed by atoms with Gasteiger partial charge in [0.15, 0.2) is 6.04 Å². The Morgan fingerprint density at radius 2 is 1.80 bits per heavy atom. The molecule has 2 aliphatic rings. The number of aromatic hydroxyl groups is 1. The van der Waals surface area contributed by atoms with Crippen molar-refractivity contribution < 1.29 is 24.3 Å². The second-order valence-electron chi connectivity index (χ2n) is 7.76. The van der Waals surface area contributed by atoms with Gasteiger partial charge >= 0.3 is 0 Å². The number of anilines is 2. The molecule has 0 bridgehead atoms. The number of methoxy groups -OCH3 is 1. The van der Waals surface area contributed by atoms with E-state index in [4.69, 9.17) is 16.3 Å². The average Bonchev–Trinajstić information content (AvgIpc) is 3.04. The van der Waals surface area contributed by atoms with Crippen LogP contribution in [0.5, 0.6) is 11.5 Å². The van der Waals surface area contributed by atoms with Crippen molar-refractivity contribution >= 4 is 34.8 Å². The number of phenols is 1. The molecular weight excluding hydrogens is 406 g/mol. The average molecular weight is 431 g/mol. The number of hydrogen-bond acceptors (Lipinski definition) is 5. The molecule has 0 saturated carbocycles. The van der Waals surface area contributed by atoms with Crippen molar-refractivity contribution in [2.75, 3.05) is 43.1 Å². The van der Waals surface area contributed by atoms with Gasteiger partial charge in [0.25, 0.3) is 5.91 Å². The smallest absolute Gasteiger partial charge is 0.292 e. The molecule has 0 aliphatic carbocycles. The fraction of sp³-hybridized carbons (Fsp3) is 0.364. The van der Waals surface area contributed by atoms with E-state index in [1.807, 2.05) is 19.1 Å². The van der Waals surface area contributed by atoms with Crippen LogP contribution >= 0.6 is 11.6 Å². The SMILES string of the molecule is COc1cc(Cl)c(C)cc1N1C(=O)C[C@@H]([NH+]2CCN(c3ccc(O)cc3)CC2)C1=O. The first kappa shape index (κ1) is 20.5. The van der Waals surface area contributed by atoms with Gasteiger partial charge in [-0.1, -0.05) is 11.6 Å². The lowest BCUT2D eigenvalue weighted by atomic mass is 10.1. The summed E-state index contributed by atoms with van der Waals surface area (Å²) in [6.45, 7) is 4.91. The van der Waals surface area contributed by atoms with E-state index in [0.29, 0.717) is 16.5 Å². The number of imide groups is 1. The van der Waals surface area contributed by atoms with Crippen LogP contribution in [-0.2, 0) is 9.59 Å². The molecule has 0 spiro atoms. The van der Waals surface area contributed by atoms with E-state index in [1.165, 1.54) is 12.0 Å². The highest BCUT2D eigenvalue weighted by Crippen LogP contribution is 2.36. The van der Waals surface area contributed by atoms with Crippen molar-refractivity contribution in [3.05, 3.63) is 47.0 Å². The number of piperazine rings is 1. The van der Waals surface area contributed by atoms with E-state index >= 15 is 0 Å². The highest BCUT2D eigenvalue weighted by atomic mass is 35.5. The monoisotopic (exact) mass is 430 g/mol. The van der Waals surface area contributed by atoms with Gasteiger partial charge in [0.05, 0.1) is 45.4 Å². The molecule has 2 amide bonds. The third kappa shape index (κ3) is 3.70.